The second-order valence-electron chi connectivity index (χ2n) is 10.7. The molecule has 1 saturated heterocycles. The summed E-state index contributed by atoms with van der Waals surface area (Å²) in [5.41, 5.74) is 2.30. The van der Waals surface area contributed by atoms with Crippen LogP contribution >= 0.6 is 0 Å². The van der Waals surface area contributed by atoms with Crippen LogP contribution in [0.3, 0.4) is 0 Å². The van der Waals surface area contributed by atoms with Crippen molar-refractivity contribution in [2.75, 3.05) is 33.0 Å². The summed E-state index contributed by atoms with van der Waals surface area (Å²) in [6.45, 7) is 6.05. The Morgan fingerprint density at radius 1 is 0.692 bits per heavy atom. The van der Waals surface area contributed by atoms with Crippen molar-refractivity contribution in [3.05, 3.63) is 71.8 Å². The third-order valence-corrected chi connectivity index (χ3v) is 7.41. The minimum Gasteiger partial charge on any atom is -0.402 e. The highest BCUT2D eigenvalue weighted by molar-refractivity contribution is 6.34. The third-order valence-electron chi connectivity index (χ3n) is 7.41. The molecule has 0 aromatic heterocycles. The zero-order chi connectivity index (χ0) is 27.4. The van der Waals surface area contributed by atoms with E-state index in [-0.39, 0.29) is 12.1 Å². The van der Waals surface area contributed by atoms with Crippen LogP contribution in [0.5, 0.6) is 0 Å². The van der Waals surface area contributed by atoms with Crippen molar-refractivity contribution in [3.63, 3.8) is 0 Å². The van der Waals surface area contributed by atoms with E-state index in [9.17, 15) is 5.02 Å². The first kappa shape index (κ1) is 31.8. The van der Waals surface area contributed by atoms with E-state index in [0.717, 1.165) is 24.1 Å². The van der Waals surface area contributed by atoms with Gasteiger partial charge >= 0.3 is 7.32 Å². The van der Waals surface area contributed by atoms with Crippen molar-refractivity contribution in [1.82, 2.24) is 4.90 Å². The summed E-state index contributed by atoms with van der Waals surface area (Å²) in [6, 6.07) is 20.5. The van der Waals surface area contributed by atoms with E-state index in [1.807, 2.05) is 36.4 Å². The summed E-state index contributed by atoms with van der Waals surface area (Å²) >= 11 is 0. The standard InChI is InChI=1S/C32H50BNO5/c1-2-3-4-5-6-7-8-9-10-17-22-34-31(25-36-23-29-18-13-11-14-19-29)27-38-33(35)39-28-32(34)26-37-24-30-20-15-12-16-21-30/h11-16,18-21,31-32,35H,2-10,17,22-28H2,1H3. The summed E-state index contributed by atoms with van der Waals surface area (Å²) in [4.78, 5) is 2.44. The summed E-state index contributed by atoms with van der Waals surface area (Å²) in [5, 5.41) is 10.2. The lowest BCUT2D eigenvalue weighted by Crippen LogP contribution is -2.55. The first-order chi connectivity index (χ1) is 19.3. The maximum absolute atomic E-state index is 10.2. The monoisotopic (exact) mass is 539 g/mol. The number of unbranched alkanes of at least 4 members (excludes halogenated alkanes) is 9. The fourth-order valence-corrected chi connectivity index (χ4v) is 5.13. The second-order valence-corrected chi connectivity index (χ2v) is 10.7. The lowest BCUT2D eigenvalue weighted by Gasteiger charge is -2.39. The van der Waals surface area contributed by atoms with Crippen LogP contribution in [0.4, 0.5) is 0 Å². The molecule has 7 heteroatoms. The minimum atomic E-state index is -1.22. The van der Waals surface area contributed by atoms with Crippen molar-refractivity contribution in [2.45, 2.75) is 96.4 Å². The molecule has 1 N–H and O–H groups in total. The summed E-state index contributed by atoms with van der Waals surface area (Å²) in [7, 11) is -1.22. The summed E-state index contributed by atoms with van der Waals surface area (Å²) in [5.74, 6) is 0. The van der Waals surface area contributed by atoms with Crippen LogP contribution in [0.25, 0.3) is 0 Å². The quantitative estimate of drug-likeness (QED) is 0.165. The average Bonchev–Trinajstić information content (AvgIpc) is 2.96. The number of benzene rings is 2. The highest BCUT2D eigenvalue weighted by Gasteiger charge is 2.33. The van der Waals surface area contributed by atoms with Crippen molar-refractivity contribution < 1.29 is 23.8 Å². The molecule has 216 valence electrons. The van der Waals surface area contributed by atoms with Crippen LogP contribution in [0.15, 0.2) is 60.7 Å². The Balaban J connectivity index is 1.53. The average molecular weight is 540 g/mol. The molecule has 0 bridgehead atoms. The molecule has 0 radical (unpaired) electrons. The van der Waals surface area contributed by atoms with E-state index in [1.54, 1.807) is 0 Å². The van der Waals surface area contributed by atoms with Gasteiger partial charge in [-0.15, -0.1) is 0 Å². The van der Waals surface area contributed by atoms with Crippen molar-refractivity contribution in [2.24, 2.45) is 0 Å². The van der Waals surface area contributed by atoms with Crippen molar-refractivity contribution in [3.8, 4) is 0 Å². The van der Waals surface area contributed by atoms with Gasteiger partial charge in [-0.3, -0.25) is 4.90 Å². The summed E-state index contributed by atoms with van der Waals surface area (Å²) in [6.07, 6.45) is 13.1. The third kappa shape index (κ3) is 13.4. The van der Waals surface area contributed by atoms with Gasteiger partial charge in [-0.05, 0) is 24.1 Å². The van der Waals surface area contributed by atoms with E-state index in [0.29, 0.717) is 39.6 Å². The highest BCUT2D eigenvalue weighted by atomic mass is 16.7. The van der Waals surface area contributed by atoms with Crippen LogP contribution in [-0.2, 0) is 32.0 Å². The Labute approximate surface area is 237 Å². The molecule has 0 saturated carbocycles. The predicted molar refractivity (Wildman–Crippen MR) is 158 cm³/mol. The molecule has 1 heterocycles. The van der Waals surface area contributed by atoms with Crippen LogP contribution in [0, 0.1) is 0 Å². The minimum absolute atomic E-state index is 0.0103. The molecule has 39 heavy (non-hydrogen) atoms. The molecule has 2 aromatic carbocycles. The number of hydrogen-bond acceptors (Lipinski definition) is 6. The molecular formula is C32H50BNO5. The molecule has 1 fully saturated rings. The Kier molecular flexibility index (Phi) is 16.5. The lowest BCUT2D eigenvalue weighted by molar-refractivity contribution is -0.0586. The number of rotatable bonds is 19. The van der Waals surface area contributed by atoms with Crippen molar-refractivity contribution >= 4 is 7.32 Å². The van der Waals surface area contributed by atoms with E-state index in [4.69, 9.17) is 18.8 Å². The Hall–Kier alpha value is -1.74. The van der Waals surface area contributed by atoms with Crippen LogP contribution in [-0.4, -0.2) is 62.3 Å². The molecule has 6 nitrogen and oxygen atoms in total. The van der Waals surface area contributed by atoms with Crippen LogP contribution < -0.4 is 0 Å². The zero-order valence-electron chi connectivity index (χ0n) is 24.1. The fourth-order valence-electron chi connectivity index (χ4n) is 5.13. The number of hydrogen-bond donors (Lipinski definition) is 1. The van der Waals surface area contributed by atoms with E-state index >= 15 is 0 Å². The molecule has 1 aliphatic rings. The van der Waals surface area contributed by atoms with Crippen LogP contribution in [0.2, 0.25) is 0 Å². The molecule has 0 spiro atoms. The second kappa shape index (κ2) is 20.2. The topological polar surface area (TPSA) is 60.4 Å². The van der Waals surface area contributed by atoms with Gasteiger partial charge in [0.1, 0.15) is 0 Å². The highest BCUT2D eigenvalue weighted by Crippen LogP contribution is 2.18. The van der Waals surface area contributed by atoms with Gasteiger partial charge in [0.25, 0.3) is 0 Å². The predicted octanol–water partition coefficient (Wildman–Crippen LogP) is 6.40. The van der Waals surface area contributed by atoms with Gasteiger partial charge in [0.15, 0.2) is 0 Å². The molecule has 2 unspecified atom stereocenters. The molecule has 0 aliphatic carbocycles. The van der Waals surface area contributed by atoms with E-state index in [2.05, 4.69) is 36.1 Å². The molecule has 2 aromatic rings. The SMILES string of the molecule is CCCCCCCCCCCCN1C(COCc2ccccc2)COB(O)OCC1COCc1ccccc1. The van der Waals surface area contributed by atoms with Gasteiger partial charge in [-0.1, -0.05) is 125 Å². The van der Waals surface area contributed by atoms with Crippen molar-refractivity contribution in [1.29, 1.82) is 0 Å². The van der Waals surface area contributed by atoms with Gasteiger partial charge in [0.05, 0.1) is 51.7 Å². The van der Waals surface area contributed by atoms with Crippen LogP contribution in [0.1, 0.15) is 82.3 Å². The van der Waals surface area contributed by atoms with E-state index in [1.165, 1.54) is 57.8 Å². The Morgan fingerprint density at radius 3 is 1.59 bits per heavy atom. The maximum Gasteiger partial charge on any atom is 0.636 e. The first-order valence-electron chi connectivity index (χ1n) is 15.2. The number of ether oxygens (including phenoxy) is 2. The Morgan fingerprint density at radius 2 is 1.13 bits per heavy atom. The molecular weight excluding hydrogens is 489 g/mol. The fraction of sp³-hybridized carbons (Fsp3) is 0.625. The normalized spacial score (nSPS) is 18.7. The number of nitrogens with zero attached hydrogens (tertiary/aromatic N) is 1. The van der Waals surface area contributed by atoms with Gasteiger partial charge < -0.3 is 23.8 Å². The Bertz CT molecular complexity index is 785. The lowest BCUT2D eigenvalue weighted by atomic mass is 10.1. The molecule has 1 aliphatic heterocycles. The van der Waals surface area contributed by atoms with Gasteiger partial charge in [-0.25, -0.2) is 0 Å². The van der Waals surface area contributed by atoms with Gasteiger partial charge in [0, 0.05) is 0 Å². The molecule has 3 rings (SSSR count). The smallest absolute Gasteiger partial charge is 0.402 e. The van der Waals surface area contributed by atoms with E-state index < -0.39 is 7.32 Å². The first-order valence-corrected chi connectivity index (χ1v) is 15.2. The molecule has 0 amide bonds. The zero-order valence-corrected chi connectivity index (χ0v) is 24.1. The van der Waals surface area contributed by atoms with Gasteiger partial charge in [-0.2, -0.15) is 0 Å². The molecule has 2 atom stereocenters. The van der Waals surface area contributed by atoms with Gasteiger partial charge in [0.2, 0.25) is 0 Å². The maximum atomic E-state index is 10.2. The largest absolute Gasteiger partial charge is 0.636 e. The summed E-state index contributed by atoms with van der Waals surface area (Å²) < 4.78 is 23.6.